The predicted molar refractivity (Wildman–Crippen MR) is 101 cm³/mol. The topological polar surface area (TPSA) is 53.1 Å². The number of alkyl halides is 6. The SMILES string of the molecule is C=N/C(=C(/C#N)NC)c1cc(C)n(Cc2cc(C(F)(F)F)cc(C(F)(F)F)c2)c1Cl. The van der Waals surface area contributed by atoms with Gasteiger partial charge < -0.3 is 9.88 Å². The summed E-state index contributed by atoms with van der Waals surface area (Å²) in [5.74, 6) is 0. The van der Waals surface area contributed by atoms with E-state index in [0.29, 0.717) is 17.8 Å². The van der Waals surface area contributed by atoms with Crippen LogP contribution in [0.2, 0.25) is 5.15 Å². The van der Waals surface area contributed by atoms with Crippen LogP contribution in [-0.2, 0) is 18.9 Å². The summed E-state index contributed by atoms with van der Waals surface area (Å²) >= 11 is 6.33. The lowest BCUT2D eigenvalue weighted by molar-refractivity contribution is -0.143. The van der Waals surface area contributed by atoms with Crippen LogP contribution in [0.4, 0.5) is 26.3 Å². The molecule has 0 atom stereocenters. The second kappa shape index (κ2) is 8.44. The van der Waals surface area contributed by atoms with Crippen molar-refractivity contribution in [2.45, 2.75) is 25.8 Å². The van der Waals surface area contributed by atoms with E-state index in [9.17, 15) is 31.6 Å². The van der Waals surface area contributed by atoms with Crippen molar-refractivity contribution in [3.8, 4) is 6.07 Å². The van der Waals surface area contributed by atoms with Gasteiger partial charge in [-0.25, -0.2) is 0 Å². The number of hydrogen-bond acceptors (Lipinski definition) is 3. The Bertz CT molecular complexity index is 1010. The molecule has 0 radical (unpaired) electrons. The highest BCUT2D eigenvalue weighted by atomic mass is 35.5. The van der Waals surface area contributed by atoms with Gasteiger partial charge in [0.1, 0.15) is 22.6 Å². The summed E-state index contributed by atoms with van der Waals surface area (Å²) < 4.78 is 79.9. The number of hydrogen-bond donors (Lipinski definition) is 1. The Kier molecular flexibility index (Phi) is 6.57. The molecule has 11 heteroatoms. The lowest BCUT2D eigenvalue weighted by atomic mass is 10.0. The van der Waals surface area contributed by atoms with Crippen molar-refractivity contribution in [3.05, 3.63) is 63.1 Å². The Balaban J connectivity index is 2.62. The first kappa shape index (κ1) is 23.3. The van der Waals surface area contributed by atoms with Crippen molar-refractivity contribution in [2.24, 2.45) is 4.99 Å². The third-order valence-corrected chi connectivity index (χ3v) is 4.65. The molecular formula is C19H15ClF6N4. The van der Waals surface area contributed by atoms with Gasteiger partial charge in [-0.15, -0.1) is 0 Å². The van der Waals surface area contributed by atoms with Gasteiger partial charge >= 0.3 is 12.4 Å². The molecular weight excluding hydrogens is 434 g/mol. The van der Waals surface area contributed by atoms with Crippen LogP contribution in [0, 0.1) is 18.3 Å². The maximum atomic E-state index is 13.1. The minimum absolute atomic E-state index is 0.0103. The monoisotopic (exact) mass is 448 g/mol. The standard InChI is InChI=1S/C19H15ClF6N4/c1-10-4-14(16(29-3)15(8-27)28-2)17(20)30(10)9-11-5-12(18(21,22)23)7-13(6-11)19(24,25)26/h4-7,28H,3,9H2,1-2H3/b16-15-. The fourth-order valence-electron chi connectivity index (χ4n) is 2.83. The molecule has 1 aromatic heterocycles. The Morgan fingerprint density at radius 1 is 1.13 bits per heavy atom. The average Bonchev–Trinajstić information content (AvgIpc) is 2.92. The molecule has 160 valence electrons. The Morgan fingerprint density at radius 2 is 1.67 bits per heavy atom. The number of aryl methyl sites for hydroxylation is 1. The van der Waals surface area contributed by atoms with Crippen molar-refractivity contribution < 1.29 is 26.3 Å². The van der Waals surface area contributed by atoms with Gasteiger partial charge in [0, 0.05) is 24.8 Å². The van der Waals surface area contributed by atoms with Crippen LogP contribution >= 0.6 is 11.6 Å². The van der Waals surface area contributed by atoms with Crippen molar-refractivity contribution in [1.82, 2.24) is 9.88 Å². The summed E-state index contributed by atoms with van der Waals surface area (Å²) in [5, 5.41) is 11.8. The number of rotatable bonds is 5. The molecule has 0 saturated heterocycles. The summed E-state index contributed by atoms with van der Waals surface area (Å²) in [4.78, 5) is 3.76. The molecule has 0 aliphatic carbocycles. The Morgan fingerprint density at radius 3 is 2.07 bits per heavy atom. The van der Waals surface area contributed by atoms with E-state index >= 15 is 0 Å². The van der Waals surface area contributed by atoms with Gasteiger partial charge in [0.25, 0.3) is 0 Å². The summed E-state index contributed by atoms with van der Waals surface area (Å²) in [7, 11) is 1.47. The first-order valence-electron chi connectivity index (χ1n) is 8.26. The smallest absolute Gasteiger partial charge is 0.378 e. The lowest BCUT2D eigenvalue weighted by Gasteiger charge is -2.16. The van der Waals surface area contributed by atoms with Gasteiger partial charge in [-0.05, 0) is 43.5 Å². The number of nitrogens with zero attached hydrogens (tertiary/aromatic N) is 3. The van der Waals surface area contributed by atoms with Gasteiger partial charge in [0.05, 0.1) is 11.1 Å². The van der Waals surface area contributed by atoms with Gasteiger partial charge in [-0.1, -0.05) is 11.6 Å². The van der Waals surface area contributed by atoms with Crippen molar-refractivity contribution in [1.29, 1.82) is 5.26 Å². The molecule has 0 spiro atoms. The zero-order valence-electron chi connectivity index (χ0n) is 15.7. The third kappa shape index (κ3) is 4.79. The molecule has 0 unspecified atom stereocenters. The second-order valence-corrected chi connectivity index (χ2v) is 6.59. The normalized spacial score (nSPS) is 12.9. The summed E-state index contributed by atoms with van der Waals surface area (Å²) in [6, 6.07) is 4.73. The maximum absolute atomic E-state index is 13.1. The van der Waals surface area contributed by atoms with Crippen LogP contribution in [0.15, 0.2) is 35.0 Å². The summed E-state index contributed by atoms with van der Waals surface area (Å²) in [5.41, 5.74) is -2.22. The van der Waals surface area contributed by atoms with Crippen LogP contribution in [0.1, 0.15) is 27.9 Å². The molecule has 2 aromatic rings. The Labute approximate surface area is 173 Å². The first-order chi connectivity index (χ1) is 13.8. The molecule has 2 rings (SSSR count). The fraction of sp³-hybridized carbons (Fsp3) is 0.263. The van der Waals surface area contributed by atoms with E-state index in [0.717, 1.165) is 0 Å². The van der Waals surface area contributed by atoms with Crippen molar-refractivity contribution >= 4 is 24.0 Å². The highest BCUT2D eigenvalue weighted by Gasteiger charge is 2.37. The third-order valence-electron chi connectivity index (χ3n) is 4.24. The lowest BCUT2D eigenvalue weighted by Crippen LogP contribution is -2.13. The number of benzene rings is 1. The average molecular weight is 449 g/mol. The number of nitriles is 1. The van der Waals surface area contributed by atoms with Crippen molar-refractivity contribution in [3.63, 3.8) is 0 Å². The van der Waals surface area contributed by atoms with E-state index in [1.54, 1.807) is 6.92 Å². The Hall–Kier alpha value is -2.93. The van der Waals surface area contributed by atoms with Crippen LogP contribution in [-0.4, -0.2) is 18.3 Å². The number of aliphatic imine (C=N–C) groups is 1. The van der Waals surface area contributed by atoms with Crippen molar-refractivity contribution in [2.75, 3.05) is 7.05 Å². The molecule has 1 heterocycles. The summed E-state index contributed by atoms with van der Waals surface area (Å²) in [6.07, 6.45) is -9.90. The van der Waals surface area contributed by atoms with Gasteiger partial charge in [0.15, 0.2) is 0 Å². The van der Waals surface area contributed by atoms with E-state index in [1.165, 1.54) is 17.7 Å². The van der Waals surface area contributed by atoms with Crippen LogP contribution in [0.5, 0.6) is 0 Å². The first-order valence-corrected chi connectivity index (χ1v) is 8.64. The molecule has 0 bridgehead atoms. The molecule has 1 N–H and O–H groups in total. The van der Waals surface area contributed by atoms with Gasteiger partial charge in [0.2, 0.25) is 0 Å². The number of allylic oxidation sites excluding steroid dienone is 1. The highest BCUT2D eigenvalue weighted by molar-refractivity contribution is 6.31. The molecule has 30 heavy (non-hydrogen) atoms. The summed E-state index contributed by atoms with van der Waals surface area (Å²) in [6.45, 7) is 4.59. The molecule has 0 aliphatic heterocycles. The quantitative estimate of drug-likeness (QED) is 0.365. The minimum atomic E-state index is -4.95. The van der Waals surface area contributed by atoms with E-state index in [1.807, 2.05) is 6.07 Å². The molecule has 0 saturated carbocycles. The van der Waals surface area contributed by atoms with E-state index in [-0.39, 0.29) is 40.3 Å². The zero-order valence-corrected chi connectivity index (χ0v) is 16.5. The van der Waals surface area contributed by atoms with Crippen LogP contribution in [0.3, 0.4) is 0 Å². The molecule has 0 amide bonds. The van der Waals surface area contributed by atoms with E-state index < -0.39 is 23.5 Å². The predicted octanol–water partition coefficient (Wildman–Crippen LogP) is 5.65. The number of aromatic nitrogens is 1. The fourth-order valence-corrected chi connectivity index (χ4v) is 3.16. The zero-order chi connectivity index (χ0) is 22.9. The molecule has 1 aromatic carbocycles. The van der Waals surface area contributed by atoms with E-state index in [4.69, 9.17) is 11.6 Å². The number of halogens is 7. The molecule has 0 fully saturated rings. The van der Waals surface area contributed by atoms with Crippen LogP contribution in [0.25, 0.3) is 5.70 Å². The second-order valence-electron chi connectivity index (χ2n) is 6.23. The maximum Gasteiger partial charge on any atom is 0.416 e. The van der Waals surface area contributed by atoms with Gasteiger partial charge in [-0.3, -0.25) is 4.99 Å². The largest absolute Gasteiger partial charge is 0.416 e. The van der Waals surface area contributed by atoms with E-state index in [2.05, 4.69) is 17.0 Å². The van der Waals surface area contributed by atoms with Crippen LogP contribution < -0.4 is 5.32 Å². The molecule has 0 aliphatic rings. The minimum Gasteiger partial charge on any atom is -0.378 e. The number of nitrogens with one attached hydrogen (secondary N) is 1. The molecule has 4 nitrogen and oxygen atoms in total. The highest BCUT2D eigenvalue weighted by Crippen LogP contribution is 2.37. The van der Waals surface area contributed by atoms with Gasteiger partial charge in [-0.2, -0.15) is 31.6 Å².